The van der Waals surface area contributed by atoms with Crippen LogP contribution in [0.5, 0.6) is 0 Å². The summed E-state index contributed by atoms with van der Waals surface area (Å²) in [6, 6.07) is 0. The van der Waals surface area contributed by atoms with E-state index in [4.69, 9.17) is 0 Å². The predicted octanol–water partition coefficient (Wildman–Crippen LogP) is 2.93. The molecule has 0 aromatic heterocycles. The number of hydrogen-bond acceptors (Lipinski definition) is 0. The van der Waals surface area contributed by atoms with Gasteiger partial charge in [0.1, 0.15) is 0 Å². The summed E-state index contributed by atoms with van der Waals surface area (Å²) in [5.74, 6) is 0. The SMILES string of the molecule is CC(C)(C)C1=CC=C[CH-][CH-]1.[Y].[Y].[Y]. The van der Waals surface area contributed by atoms with Crippen LogP contribution in [0.2, 0.25) is 0 Å². The van der Waals surface area contributed by atoms with E-state index in [-0.39, 0.29) is 98.1 Å². The third-order valence-corrected chi connectivity index (χ3v) is 1.64. The molecule has 0 saturated heterocycles. The van der Waals surface area contributed by atoms with E-state index < -0.39 is 0 Å². The molecule has 0 nitrogen and oxygen atoms in total. The minimum absolute atomic E-state index is 0. The molecule has 13 heavy (non-hydrogen) atoms. The summed E-state index contributed by atoms with van der Waals surface area (Å²) in [6.07, 6.45) is 10.6. The van der Waals surface area contributed by atoms with Gasteiger partial charge < -0.3 is 0 Å². The minimum atomic E-state index is 0. The first-order chi connectivity index (χ1) is 4.61. The van der Waals surface area contributed by atoms with Crippen LogP contribution in [0.3, 0.4) is 0 Å². The molecule has 0 unspecified atom stereocenters. The van der Waals surface area contributed by atoms with E-state index in [0.29, 0.717) is 5.41 Å². The summed E-state index contributed by atoms with van der Waals surface area (Å²) >= 11 is 0. The van der Waals surface area contributed by atoms with Crippen molar-refractivity contribution in [3.8, 4) is 0 Å². The van der Waals surface area contributed by atoms with Crippen LogP contribution >= 0.6 is 0 Å². The Morgan fingerprint density at radius 1 is 1.08 bits per heavy atom. The molecule has 0 spiro atoms. The molecule has 3 heteroatoms. The Kier molecular flexibility index (Phi) is 15.6. The Bertz CT molecular complexity index is 175. The van der Waals surface area contributed by atoms with Gasteiger partial charge in [0.05, 0.1) is 0 Å². The van der Waals surface area contributed by atoms with Crippen LogP contribution in [0, 0.1) is 18.3 Å². The van der Waals surface area contributed by atoms with Crippen LogP contribution in [0.25, 0.3) is 0 Å². The number of hydrogen-bond donors (Lipinski definition) is 0. The second-order valence-corrected chi connectivity index (χ2v) is 3.62. The summed E-state index contributed by atoms with van der Waals surface area (Å²) in [5, 5.41) is 0. The molecule has 0 atom stereocenters. The molecule has 0 aromatic carbocycles. The van der Waals surface area contributed by atoms with Crippen molar-refractivity contribution in [1.29, 1.82) is 0 Å². The third-order valence-electron chi connectivity index (χ3n) is 1.64. The molecule has 1 aliphatic rings. The first kappa shape index (κ1) is 20.9. The van der Waals surface area contributed by atoms with Crippen LogP contribution in [0.1, 0.15) is 20.8 Å². The maximum absolute atomic E-state index is 2.22. The van der Waals surface area contributed by atoms with E-state index in [1.54, 1.807) is 0 Å². The van der Waals surface area contributed by atoms with Crippen molar-refractivity contribution in [1.82, 2.24) is 0 Å². The van der Waals surface area contributed by atoms with E-state index in [1.807, 2.05) is 0 Å². The topological polar surface area (TPSA) is 0 Å². The molecule has 0 aromatic rings. The van der Waals surface area contributed by atoms with Crippen LogP contribution in [0.15, 0.2) is 23.8 Å². The molecule has 0 heterocycles. The largest absolute Gasteiger partial charge is 0.294 e. The Hall–Kier alpha value is 2.53. The first-order valence-corrected chi connectivity index (χ1v) is 3.66. The Morgan fingerprint density at radius 2 is 1.62 bits per heavy atom. The van der Waals surface area contributed by atoms with Gasteiger partial charge in [-0.15, -0.1) is 0 Å². The van der Waals surface area contributed by atoms with Gasteiger partial charge >= 0.3 is 0 Å². The van der Waals surface area contributed by atoms with Crippen LogP contribution in [-0.4, -0.2) is 0 Å². The van der Waals surface area contributed by atoms with Crippen LogP contribution in [0.4, 0.5) is 0 Å². The van der Waals surface area contributed by atoms with Crippen molar-refractivity contribution in [2.24, 2.45) is 5.41 Å². The van der Waals surface area contributed by atoms with E-state index in [2.05, 4.69) is 51.8 Å². The quantitative estimate of drug-likeness (QED) is 0.548. The Labute approximate surface area is 158 Å². The van der Waals surface area contributed by atoms with Crippen molar-refractivity contribution in [3.63, 3.8) is 0 Å². The van der Waals surface area contributed by atoms with Gasteiger partial charge in [-0.25, -0.2) is 5.57 Å². The molecular weight excluding hydrogens is 387 g/mol. The van der Waals surface area contributed by atoms with Crippen LogP contribution in [-0.2, 0) is 98.1 Å². The molecular formula is C10H14Y3-2. The molecule has 1 rings (SSSR count). The maximum atomic E-state index is 2.22. The van der Waals surface area contributed by atoms with E-state index in [0.717, 1.165) is 0 Å². The van der Waals surface area contributed by atoms with Crippen molar-refractivity contribution in [2.45, 2.75) is 20.8 Å². The average Bonchev–Trinajstić information content (AvgIpc) is 1.88. The number of allylic oxidation sites excluding steroid dienone is 4. The van der Waals surface area contributed by atoms with Gasteiger partial charge in [-0.1, -0.05) is 20.8 Å². The summed E-state index contributed by atoms with van der Waals surface area (Å²) < 4.78 is 0. The monoisotopic (exact) mass is 401 g/mol. The smallest absolute Gasteiger partial charge is 0 e. The molecule has 0 amide bonds. The van der Waals surface area contributed by atoms with Crippen molar-refractivity contribution >= 4 is 0 Å². The Morgan fingerprint density at radius 3 is 1.85 bits per heavy atom. The minimum Gasteiger partial charge on any atom is -0.294 e. The van der Waals surface area contributed by atoms with Gasteiger partial charge in [-0.3, -0.25) is 31.1 Å². The zero-order chi connectivity index (χ0) is 7.61. The van der Waals surface area contributed by atoms with Gasteiger partial charge in [0.15, 0.2) is 0 Å². The standard InChI is InChI=1S/C10H14.3Y/c1-10(2,3)9-7-5-4-6-8-9;;;/h4-8H,1-3H3;;;/q-2;;;. The summed E-state index contributed by atoms with van der Waals surface area (Å²) in [7, 11) is 0. The Balaban J connectivity index is -0.000000333. The summed E-state index contributed by atoms with van der Waals surface area (Å²) in [6.45, 7) is 6.67. The zero-order valence-corrected chi connectivity index (χ0v) is 17.1. The predicted molar refractivity (Wildman–Crippen MR) is 45.3 cm³/mol. The molecule has 0 aliphatic heterocycles. The van der Waals surface area contributed by atoms with Gasteiger partial charge in [0.25, 0.3) is 0 Å². The second-order valence-electron chi connectivity index (χ2n) is 3.62. The molecule has 65 valence electrons. The van der Waals surface area contributed by atoms with Gasteiger partial charge in [0, 0.05) is 98.1 Å². The molecule has 1 aliphatic carbocycles. The third kappa shape index (κ3) is 8.35. The van der Waals surface area contributed by atoms with Crippen molar-refractivity contribution in [2.75, 3.05) is 0 Å². The normalized spacial score (nSPS) is 13.3. The van der Waals surface area contributed by atoms with E-state index in [9.17, 15) is 0 Å². The number of rotatable bonds is 0. The van der Waals surface area contributed by atoms with E-state index >= 15 is 0 Å². The molecule has 0 N–H and O–H groups in total. The molecule has 3 radical (unpaired) electrons. The van der Waals surface area contributed by atoms with Gasteiger partial charge in [0.2, 0.25) is 0 Å². The maximum Gasteiger partial charge on any atom is 0 e. The molecule has 0 bridgehead atoms. The van der Waals surface area contributed by atoms with Gasteiger partial charge in [-0.05, 0) is 5.41 Å². The fourth-order valence-corrected chi connectivity index (χ4v) is 0.938. The van der Waals surface area contributed by atoms with Crippen molar-refractivity contribution in [3.05, 3.63) is 36.6 Å². The van der Waals surface area contributed by atoms with Gasteiger partial charge in [-0.2, -0.15) is 0 Å². The fourth-order valence-electron chi connectivity index (χ4n) is 0.938. The summed E-state index contributed by atoms with van der Waals surface area (Å²) in [5.41, 5.74) is 1.69. The zero-order valence-electron chi connectivity index (χ0n) is 8.62. The second kappa shape index (κ2) is 9.74. The fraction of sp³-hybridized carbons (Fsp3) is 0.400. The molecule has 0 saturated carbocycles. The van der Waals surface area contributed by atoms with Crippen molar-refractivity contribution < 1.29 is 98.1 Å². The molecule has 0 fully saturated rings. The average molecular weight is 401 g/mol. The first-order valence-electron chi connectivity index (χ1n) is 3.66. The summed E-state index contributed by atoms with van der Waals surface area (Å²) in [4.78, 5) is 0. The van der Waals surface area contributed by atoms with E-state index in [1.165, 1.54) is 5.57 Å². The van der Waals surface area contributed by atoms with Crippen LogP contribution < -0.4 is 0 Å².